The van der Waals surface area contributed by atoms with Crippen LogP contribution in [0.4, 0.5) is 4.79 Å². The van der Waals surface area contributed by atoms with Crippen LogP contribution in [0.25, 0.3) is 0 Å². The van der Waals surface area contributed by atoms with Crippen LogP contribution in [-0.4, -0.2) is 47.0 Å². The Hall–Kier alpha value is -2.57. The maximum absolute atomic E-state index is 14.0. The molecular weight excluding hydrogens is 442 g/mol. The number of aryl methyl sites for hydroxylation is 2. The number of rotatable bonds is 11. The Kier molecular flexibility index (Phi) is 11.7. The number of nitrogens with one attached hydrogen (secondary N) is 2. The lowest BCUT2D eigenvalue weighted by Crippen LogP contribution is -2.55. The molecule has 3 amide bonds. The minimum absolute atomic E-state index is 0.0138. The van der Waals surface area contributed by atoms with E-state index in [1.807, 2.05) is 59.7 Å². The third kappa shape index (κ3) is 9.54. The molecule has 0 saturated heterocycles. The summed E-state index contributed by atoms with van der Waals surface area (Å²) < 4.78 is 5.41. The second kappa shape index (κ2) is 13.5. The topological polar surface area (TPSA) is 87.7 Å². The van der Waals surface area contributed by atoms with Gasteiger partial charge in [0.05, 0.1) is 0 Å². The van der Waals surface area contributed by atoms with E-state index in [-0.39, 0.29) is 23.8 Å². The standard InChI is InChI=1S/C28H47N3O4/c1-11-13-21(7)29-25(32)24(22-15-14-19(5)17-20(22)6)31(16-12-2)26(33)23(18(3)4)30-27(34)35-28(8,9)10/h14-15,17-18,21,23-24H,11-13,16H2,1-10H3,(H,29,32)(H,30,34). The number of ether oxygens (including phenoxy) is 1. The van der Waals surface area contributed by atoms with Gasteiger partial charge in [0.25, 0.3) is 0 Å². The van der Waals surface area contributed by atoms with Gasteiger partial charge < -0.3 is 20.3 Å². The van der Waals surface area contributed by atoms with E-state index in [4.69, 9.17) is 4.74 Å². The molecule has 0 spiro atoms. The number of hydrogen-bond acceptors (Lipinski definition) is 4. The fraction of sp³-hybridized carbons (Fsp3) is 0.679. The van der Waals surface area contributed by atoms with Gasteiger partial charge in [-0.25, -0.2) is 4.79 Å². The lowest BCUT2D eigenvalue weighted by molar-refractivity contribution is -0.143. The van der Waals surface area contributed by atoms with E-state index in [2.05, 4.69) is 17.6 Å². The van der Waals surface area contributed by atoms with Crippen molar-refractivity contribution in [1.82, 2.24) is 15.5 Å². The monoisotopic (exact) mass is 489 g/mol. The summed E-state index contributed by atoms with van der Waals surface area (Å²) in [6.45, 7) is 19.5. The molecular formula is C28H47N3O4. The molecule has 7 heteroatoms. The van der Waals surface area contributed by atoms with E-state index in [0.29, 0.717) is 13.0 Å². The molecule has 0 aliphatic carbocycles. The van der Waals surface area contributed by atoms with Crippen molar-refractivity contribution in [3.63, 3.8) is 0 Å². The fourth-order valence-electron chi connectivity index (χ4n) is 4.14. The van der Waals surface area contributed by atoms with E-state index in [0.717, 1.165) is 29.5 Å². The molecule has 2 N–H and O–H groups in total. The Morgan fingerprint density at radius 3 is 2.11 bits per heavy atom. The number of alkyl carbamates (subject to hydrolysis) is 1. The molecule has 1 rings (SSSR count). The molecule has 0 radical (unpaired) electrons. The Labute approximate surface area is 212 Å². The molecule has 198 valence electrons. The first-order valence-electron chi connectivity index (χ1n) is 12.9. The minimum Gasteiger partial charge on any atom is -0.444 e. The van der Waals surface area contributed by atoms with Crippen LogP contribution < -0.4 is 10.6 Å². The highest BCUT2D eigenvalue weighted by Crippen LogP contribution is 2.28. The predicted octanol–water partition coefficient (Wildman–Crippen LogP) is 5.44. The van der Waals surface area contributed by atoms with E-state index >= 15 is 0 Å². The number of hydrogen-bond donors (Lipinski definition) is 2. The van der Waals surface area contributed by atoms with Gasteiger partial charge in [0.15, 0.2) is 0 Å². The number of carbonyl (C=O) groups excluding carboxylic acids is 3. The predicted molar refractivity (Wildman–Crippen MR) is 141 cm³/mol. The molecule has 7 nitrogen and oxygen atoms in total. The molecule has 0 bridgehead atoms. The summed E-state index contributed by atoms with van der Waals surface area (Å²) in [6, 6.07) is 4.28. The molecule has 0 aliphatic heterocycles. The number of amides is 3. The van der Waals surface area contributed by atoms with Crippen LogP contribution >= 0.6 is 0 Å². The van der Waals surface area contributed by atoms with Gasteiger partial charge >= 0.3 is 6.09 Å². The van der Waals surface area contributed by atoms with Crippen LogP contribution in [0.1, 0.15) is 97.4 Å². The first-order valence-corrected chi connectivity index (χ1v) is 12.9. The van der Waals surface area contributed by atoms with Gasteiger partial charge in [-0.05, 0) is 71.4 Å². The summed E-state index contributed by atoms with van der Waals surface area (Å²) in [6.07, 6.45) is 1.82. The Balaban J connectivity index is 3.47. The molecule has 0 heterocycles. The van der Waals surface area contributed by atoms with Crippen molar-refractivity contribution in [2.75, 3.05) is 6.54 Å². The van der Waals surface area contributed by atoms with Gasteiger partial charge in [0.1, 0.15) is 17.7 Å². The summed E-state index contributed by atoms with van der Waals surface area (Å²) in [7, 11) is 0. The molecule has 0 fully saturated rings. The SMILES string of the molecule is CCCC(C)NC(=O)C(c1ccc(C)cc1C)N(CCC)C(=O)C(NC(=O)OC(C)(C)C)C(C)C. The normalized spacial score (nSPS) is 14.1. The second-order valence-electron chi connectivity index (χ2n) is 10.9. The average Bonchev–Trinajstić information content (AvgIpc) is 2.71. The first kappa shape index (κ1) is 30.5. The summed E-state index contributed by atoms with van der Waals surface area (Å²) >= 11 is 0. The van der Waals surface area contributed by atoms with Crippen molar-refractivity contribution < 1.29 is 19.1 Å². The van der Waals surface area contributed by atoms with Gasteiger partial charge in [-0.15, -0.1) is 0 Å². The first-order chi connectivity index (χ1) is 16.2. The van der Waals surface area contributed by atoms with E-state index in [9.17, 15) is 14.4 Å². The zero-order valence-corrected chi connectivity index (χ0v) is 23.5. The molecule has 0 aliphatic rings. The summed E-state index contributed by atoms with van der Waals surface area (Å²) in [5.41, 5.74) is 2.14. The van der Waals surface area contributed by atoms with Crippen LogP contribution in [0.5, 0.6) is 0 Å². The highest BCUT2D eigenvalue weighted by molar-refractivity contribution is 5.92. The quantitative estimate of drug-likeness (QED) is 0.433. The van der Waals surface area contributed by atoms with Gasteiger partial charge in [-0.1, -0.05) is 57.9 Å². The number of benzene rings is 1. The van der Waals surface area contributed by atoms with Crippen LogP contribution in [0.2, 0.25) is 0 Å². The van der Waals surface area contributed by atoms with Crippen LogP contribution in [0.3, 0.4) is 0 Å². The summed E-state index contributed by atoms with van der Waals surface area (Å²) in [5.74, 6) is -0.702. The van der Waals surface area contributed by atoms with Gasteiger partial charge in [0.2, 0.25) is 11.8 Å². The van der Waals surface area contributed by atoms with Gasteiger partial charge in [0, 0.05) is 12.6 Å². The highest BCUT2D eigenvalue weighted by atomic mass is 16.6. The third-order valence-corrected chi connectivity index (χ3v) is 5.74. The zero-order valence-electron chi connectivity index (χ0n) is 23.5. The molecule has 1 aromatic carbocycles. The van der Waals surface area contributed by atoms with Crippen molar-refractivity contribution in [2.45, 2.75) is 112 Å². The molecule has 1 aromatic rings. The maximum atomic E-state index is 14.0. The van der Waals surface area contributed by atoms with E-state index in [1.165, 1.54) is 0 Å². The molecule has 3 atom stereocenters. The van der Waals surface area contributed by atoms with Crippen molar-refractivity contribution in [1.29, 1.82) is 0 Å². The summed E-state index contributed by atoms with van der Waals surface area (Å²) in [5, 5.41) is 5.87. The Bertz CT molecular complexity index is 860. The van der Waals surface area contributed by atoms with Crippen molar-refractivity contribution in [3.8, 4) is 0 Å². The Morgan fingerprint density at radius 2 is 1.63 bits per heavy atom. The van der Waals surface area contributed by atoms with E-state index in [1.54, 1.807) is 25.7 Å². The molecule has 35 heavy (non-hydrogen) atoms. The smallest absolute Gasteiger partial charge is 0.408 e. The maximum Gasteiger partial charge on any atom is 0.408 e. The van der Waals surface area contributed by atoms with Crippen LogP contribution in [-0.2, 0) is 14.3 Å². The average molecular weight is 490 g/mol. The fourth-order valence-corrected chi connectivity index (χ4v) is 4.14. The molecule has 0 saturated carbocycles. The highest BCUT2D eigenvalue weighted by Gasteiger charge is 2.38. The third-order valence-electron chi connectivity index (χ3n) is 5.74. The van der Waals surface area contributed by atoms with Crippen LogP contribution in [0, 0.1) is 19.8 Å². The Morgan fingerprint density at radius 1 is 1.00 bits per heavy atom. The van der Waals surface area contributed by atoms with Crippen molar-refractivity contribution in [2.24, 2.45) is 5.92 Å². The van der Waals surface area contributed by atoms with Crippen LogP contribution in [0.15, 0.2) is 18.2 Å². The lowest BCUT2D eigenvalue weighted by atomic mass is 9.94. The lowest BCUT2D eigenvalue weighted by Gasteiger charge is -2.36. The van der Waals surface area contributed by atoms with Gasteiger partial charge in [-0.2, -0.15) is 0 Å². The second-order valence-corrected chi connectivity index (χ2v) is 10.9. The van der Waals surface area contributed by atoms with Crippen molar-refractivity contribution in [3.05, 3.63) is 34.9 Å². The number of nitrogens with zero attached hydrogens (tertiary/aromatic N) is 1. The molecule has 0 aromatic heterocycles. The minimum atomic E-state index is -0.828. The van der Waals surface area contributed by atoms with E-state index < -0.39 is 23.8 Å². The van der Waals surface area contributed by atoms with Crippen molar-refractivity contribution >= 4 is 17.9 Å². The zero-order chi connectivity index (χ0) is 26.9. The molecule has 3 unspecified atom stereocenters. The largest absolute Gasteiger partial charge is 0.444 e. The van der Waals surface area contributed by atoms with Gasteiger partial charge in [-0.3, -0.25) is 9.59 Å². The number of carbonyl (C=O) groups is 3. The summed E-state index contributed by atoms with van der Waals surface area (Å²) in [4.78, 5) is 41.8.